The van der Waals surface area contributed by atoms with Crippen LogP contribution in [0.4, 0.5) is 0 Å². The van der Waals surface area contributed by atoms with E-state index >= 15 is 0 Å². The van der Waals surface area contributed by atoms with Crippen LogP contribution >= 0.6 is 0 Å². The second kappa shape index (κ2) is 7.11. The first-order chi connectivity index (χ1) is 11.6. The topological polar surface area (TPSA) is 73.9 Å². The summed E-state index contributed by atoms with van der Waals surface area (Å²) >= 11 is 0. The second-order valence-electron chi connectivity index (χ2n) is 5.30. The highest BCUT2D eigenvalue weighted by molar-refractivity contribution is 7.89. The summed E-state index contributed by atoms with van der Waals surface area (Å²) in [6, 6.07) is 11.9. The zero-order chi connectivity index (χ0) is 17.0. The molecule has 0 atom stereocenters. The third kappa shape index (κ3) is 3.80. The predicted molar refractivity (Wildman–Crippen MR) is 89.3 cm³/mol. The van der Waals surface area contributed by atoms with Crippen LogP contribution < -0.4 is 18.9 Å². The number of rotatable bonds is 6. The number of hydrogen-bond acceptors (Lipinski definition) is 5. The van der Waals surface area contributed by atoms with E-state index in [9.17, 15) is 8.42 Å². The van der Waals surface area contributed by atoms with Crippen molar-refractivity contribution in [3.8, 4) is 17.2 Å². The fourth-order valence-electron chi connectivity index (χ4n) is 2.41. The number of methoxy groups -OCH3 is 1. The molecule has 0 fully saturated rings. The van der Waals surface area contributed by atoms with Gasteiger partial charge in [-0.1, -0.05) is 6.07 Å². The summed E-state index contributed by atoms with van der Waals surface area (Å²) in [6.07, 6.45) is 0.562. The van der Waals surface area contributed by atoms with Crippen molar-refractivity contribution in [3.05, 3.63) is 48.0 Å². The molecule has 3 rings (SSSR count). The lowest BCUT2D eigenvalue weighted by molar-refractivity contribution is 0.171. The van der Waals surface area contributed by atoms with Crippen molar-refractivity contribution < 1.29 is 22.6 Å². The van der Waals surface area contributed by atoms with Crippen LogP contribution in [-0.2, 0) is 16.4 Å². The summed E-state index contributed by atoms with van der Waals surface area (Å²) in [5.74, 6) is 2.05. The quantitative estimate of drug-likeness (QED) is 0.863. The SMILES string of the molecule is COc1ccc(S(=O)(=O)NCCc2ccc3c(c2)OCCO3)cc1. The van der Waals surface area contributed by atoms with Gasteiger partial charge < -0.3 is 14.2 Å². The van der Waals surface area contributed by atoms with Crippen molar-refractivity contribution >= 4 is 10.0 Å². The normalized spacial score (nSPS) is 13.5. The molecular formula is C17H19NO5S. The lowest BCUT2D eigenvalue weighted by atomic mass is 10.1. The molecule has 0 aromatic heterocycles. The Morgan fingerprint density at radius 3 is 2.46 bits per heavy atom. The molecule has 2 aromatic rings. The molecule has 0 saturated carbocycles. The minimum atomic E-state index is -3.53. The van der Waals surface area contributed by atoms with Crippen LogP contribution in [0.5, 0.6) is 17.2 Å². The molecule has 0 amide bonds. The largest absolute Gasteiger partial charge is 0.497 e. The van der Waals surface area contributed by atoms with E-state index < -0.39 is 10.0 Å². The molecule has 0 aliphatic carbocycles. The van der Waals surface area contributed by atoms with Crippen LogP contribution in [-0.4, -0.2) is 35.3 Å². The van der Waals surface area contributed by atoms with Gasteiger partial charge in [0, 0.05) is 6.54 Å². The summed E-state index contributed by atoms with van der Waals surface area (Å²) in [5, 5.41) is 0. The average molecular weight is 349 g/mol. The molecule has 7 heteroatoms. The van der Waals surface area contributed by atoms with Gasteiger partial charge in [0.1, 0.15) is 19.0 Å². The first kappa shape index (κ1) is 16.6. The maximum atomic E-state index is 12.3. The van der Waals surface area contributed by atoms with E-state index in [1.807, 2.05) is 18.2 Å². The third-order valence-corrected chi connectivity index (χ3v) is 5.16. The number of ether oxygens (including phenoxy) is 3. The van der Waals surface area contributed by atoms with E-state index in [-0.39, 0.29) is 4.90 Å². The van der Waals surface area contributed by atoms with Crippen molar-refractivity contribution in [2.45, 2.75) is 11.3 Å². The first-order valence-electron chi connectivity index (χ1n) is 7.61. The van der Waals surface area contributed by atoms with E-state index in [1.165, 1.54) is 19.2 Å². The Labute approximate surface area is 141 Å². The van der Waals surface area contributed by atoms with Gasteiger partial charge in [-0.15, -0.1) is 0 Å². The first-order valence-corrected chi connectivity index (χ1v) is 9.09. The van der Waals surface area contributed by atoms with Gasteiger partial charge in [-0.25, -0.2) is 13.1 Å². The van der Waals surface area contributed by atoms with Crippen LogP contribution in [0.1, 0.15) is 5.56 Å². The lowest BCUT2D eigenvalue weighted by Gasteiger charge is -2.18. The van der Waals surface area contributed by atoms with Gasteiger partial charge in [-0.05, 0) is 48.4 Å². The highest BCUT2D eigenvalue weighted by Crippen LogP contribution is 2.30. The van der Waals surface area contributed by atoms with Crippen LogP contribution in [0.15, 0.2) is 47.4 Å². The smallest absolute Gasteiger partial charge is 0.240 e. The molecule has 1 heterocycles. The van der Waals surface area contributed by atoms with Crippen molar-refractivity contribution in [2.24, 2.45) is 0 Å². The molecule has 128 valence electrons. The summed E-state index contributed by atoms with van der Waals surface area (Å²) in [7, 11) is -2.00. The number of sulfonamides is 1. The Morgan fingerprint density at radius 2 is 1.75 bits per heavy atom. The van der Waals surface area contributed by atoms with Crippen molar-refractivity contribution in [1.29, 1.82) is 0 Å². The fraction of sp³-hybridized carbons (Fsp3) is 0.294. The third-order valence-electron chi connectivity index (χ3n) is 3.68. The highest BCUT2D eigenvalue weighted by Gasteiger charge is 2.15. The molecular weight excluding hydrogens is 330 g/mol. The van der Waals surface area contributed by atoms with E-state index in [0.717, 1.165) is 11.3 Å². The van der Waals surface area contributed by atoms with Crippen molar-refractivity contribution in [3.63, 3.8) is 0 Å². The van der Waals surface area contributed by atoms with E-state index in [2.05, 4.69) is 4.72 Å². The molecule has 2 aromatic carbocycles. The van der Waals surface area contributed by atoms with E-state index in [1.54, 1.807) is 12.1 Å². The van der Waals surface area contributed by atoms with Gasteiger partial charge in [0.05, 0.1) is 12.0 Å². The number of benzene rings is 2. The monoisotopic (exact) mass is 349 g/mol. The summed E-state index contributed by atoms with van der Waals surface area (Å²) in [6.45, 7) is 1.38. The van der Waals surface area contributed by atoms with Gasteiger partial charge in [0.2, 0.25) is 10.0 Å². The molecule has 1 aliphatic rings. The van der Waals surface area contributed by atoms with Gasteiger partial charge in [0.15, 0.2) is 11.5 Å². The standard InChI is InChI=1S/C17H19NO5S/c1-21-14-3-5-15(6-4-14)24(19,20)18-9-8-13-2-7-16-17(12-13)23-11-10-22-16/h2-7,12,18H,8-11H2,1H3. The van der Waals surface area contributed by atoms with E-state index in [0.29, 0.717) is 37.7 Å². The van der Waals surface area contributed by atoms with Gasteiger partial charge >= 0.3 is 0 Å². The average Bonchev–Trinajstić information content (AvgIpc) is 2.61. The molecule has 6 nitrogen and oxygen atoms in total. The fourth-order valence-corrected chi connectivity index (χ4v) is 3.44. The summed E-state index contributed by atoms with van der Waals surface area (Å²) < 4.78 is 43.1. The molecule has 0 unspecified atom stereocenters. The number of fused-ring (bicyclic) bond motifs is 1. The Hall–Kier alpha value is -2.25. The summed E-state index contributed by atoms with van der Waals surface area (Å²) in [4.78, 5) is 0.213. The molecule has 0 spiro atoms. The molecule has 0 radical (unpaired) electrons. The second-order valence-corrected chi connectivity index (χ2v) is 7.07. The minimum Gasteiger partial charge on any atom is -0.497 e. The van der Waals surface area contributed by atoms with Crippen molar-refractivity contribution in [2.75, 3.05) is 26.9 Å². The molecule has 24 heavy (non-hydrogen) atoms. The van der Waals surface area contributed by atoms with Crippen LogP contribution in [0.3, 0.4) is 0 Å². The van der Waals surface area contributed by atoms with Gasteiger partial charge in [-0.2, -0.15) is 0 Å². The molecule has 0 bridgehead atoms. The maximum Gasteiger partial charge on any atom is 0.240 e. The van der Waals surface area contributed by atoms with Gasteiger partial charge in [0.25, 0.3) is 0 Å². The Bertz CT molecular complexity index is 802. The van der Waals surface area contributed by atoms with Crippen LogP contribution in [0.2, 0.25) is 0 Å². The van der Waals surface area contributed by atoms with Gasteiger partial charge in [-0.3, -0.25) is 0 Å². The maximum absolute atomic E-state index is 12.3. The molecule has 1 aliphatic heterocycles. The molecule has 1 N–H and O–H groups in total. The van der Waals surface area contributed by atoms with Crippen LogP contribution in [0, 0.1) is 0 Å². The number of hydrogen-bond donors (Lipinski definition) is 1. The Morgan fingerprint density at radius 1 is 1.04 bits per heavy atom. The van der Waals surface area contributed by atoms with Crippen LogP contribution in [0.25, 0.3) is 0 Å². The van der Waals surface area contributed by atoms with E-state index in [4.69, 9.17) is 14.2 Å². The van der Waals surface area contributed by atoms with Crippen molar-refractivity contribution in [1.82, 2.24) is 4.72 Å². The number of nitrogens with one attached hydrogen (secondary N) is 1. The lowest BCUT2D eigenvalue weighted by Crippen LogP contribution is -2.26. The Kier molecular flexibility index (Phi) is 4.92. The zero-order valence-corrected chi connectivity index (χ0v) is 14.1. The zero-order valence-electron chi connectivity index (χ0n) is 13.3. The predicted octanol–water partition coefficient (Wildman–Crippen LogP) is 1.99. The highest BCUT2D eigenvalue weighted by atomic mass is 32.2. The Balaban J connectivity index is 1.60. The minimum absolute atomic E-state index is 0.213. The summed E-state index contributed by atoms with van der Waals surface area (Å²) in [5.41, 5.74) is 0.983. The molecule has 0 saturated heterocycles.